The SMILES string of the molecule is CCOc1ccc(/C=C\C(N)=O)c(OCC)c1. The van der Waals surface area contributed by atoms with Gasteiger partial charge in [0.15, 0.2) is 0 Å². The molecule has 0 spiro atoms. The molecule has 4 nitrogen and oxygen atoms in total. The largest absolute Gasteiger partial charge is 0.494 e. The normalized spacial score (nSPS) is 10.5. The summed E-state index contributed by atoms with van der Waals surface area (Å²) in [6.45, 7) is 4.96. The van der Waals surface area contributed by atoms with Crippen LogP contribution in [-0.2, 0) is 4.79 Å². The average Bonchev–Trinajstić information content (AvgIpc) is 2.28. The maximum atomic E-state index is 10.7. The predicted octanol–water partition coefficient (Wildman–Crippen LogP) is 1.98. The molecule has 0 heterocycles. The Morgan fingerprint density at radius 3 is 2.59 bits per heavy atom. The van der Waals surface area contributed by atoms with Crippen LogP contribution in [0.2, 0.25) is 0 Å². The molecule has 0 saturated heterocycles. The zero-order valence-electron chi connectivity index (χ0n) is 10.1. The van der Waals surface area contributed by atoms with Gasteiger partial charge in [0.25, 0.3) is 0 Å². The van der Waals surface area contributed by atoms with Crippen molar-refractivity contribution in [2.75, 3.05) is 13.2 Å². The van der Waals surface area contributed by atoms with Gasteiger partial charge in [-0.25, -0.2) is 0 Å². The number of hydrogen-bond donors (Lipinski definition) is 1. The molecule has 0 aromatic heterocycles. The molecule has 2 N–H and O–H groups in total. The summed E-state index contributed by atoms with van der Waals surface area (Å²) >= 11 is 0. The van der Waals surface area contributed by atoms with Crippen LogP contribution in [0.4, 0.5) is 0 Å². The van der Waals surface area contributed by atoms with Crippen LogP contribution in [0.5, 0.6) is 11.5 Å². The number of nitrogens with two attached hydrogens (primary N) is 1. The second-order valence-electron chi connectivity index (χ2n) is 3.30. The molecule has 0 bridgehead atoms. The summed E-state index contributed by atoms with van der Waals surface area (Å²) in [6.07, 6.45) is 2.93. The highest BCUT2D eigenvalue weighted by atomic mass is 16.5. The monoisotopic (exact) mass is 235 g/mol. The van der Waals surface area contributed by atoms with E-state index in [1.165, 1.54) is 6.08 Å². The lowest BCUT2D eigenvalue weighted by Gasteiger charge is -2.10. The summed E-state index contributed by atoms with van der Waals surface area (Å²) in [5.74, 6) is 0.935. The molecular weight excluding hydrogens is 218 g/mol. The van der Waals surface area contributed by atoms with Gasteiger partial charge in [0.05, 0.1) is 13.2 Å². The van der Waals surface area contributed by atoms with Crippen LogP contribution in [0.3, 0.4) is 0 Å². The molecule has 0 fully saturated rings. The number of primary amides is 1. The molecule has 1 aromatic rings. The van der Waals surface area contributed by atoms with Crippen LogP contribution in [-0.4, -0.2) is 19.1 Å². The molecule has 17 heavy (non-hydrogen) atoms. The third-order valence-electron chi connectivity index (χ3n) is 2.02. The van der Waals surface area contributed by atoms with Crippen molar-refractivity contribution in [2.24, 2.45) is 5.73 Å². The number of carbonyl (C=O) groups excluding carboxylic acids is 1. The number of benzene rings is 1. The third kappa shape index (κ3) is 4.18. The summed E-state index contributed by atoms with van der Waals surface area (Å²) in [5, 5.41) is 0. The molecule has 0 radical (unpaired) electrons. The highest BCUT2D eigenvalue weighted by molar-refractivity contribution is 5.90. The van der Waals surface area contributed by atoms with Crippen molar-refractivity contribution in [1.29, 1.82) is 0 Å². The lowest BCUT2D eigenvalue weighted by atomic mass is 10.1. The van der Waals surface area contributed by atoms with Gasteiger partial charge >= 0.3 is 0 Å². The molecule has 0 atom stereocenters. The Bertz CT molecular complexity index is 413. The van der Waals surface area contributed by atoms with Crippen LogP contribution in [0.25, 0.3) is 6.08 Å². The molecule has 4 heteroatoms. The van der Waals surface area contributed by atoms with E-state index in [9.17, 15) is 4.79 Å². The molecule has 92 valence electrons. The third-order valence-corrected chi connectivity index (χ3v) is 2.02. The summed E-state index contributed by atoms with van der Waals surface area (Å²) in [7, 11) is 0. The van der Waals surface area contributed by atoms with E-state index in [4.69, 9.17) is 15.2 Å². The van der Waals surface area contributed by atoms with E-state index in [-0.39, 0.29) is 0 Å². The number of amides is 1. The quantitative estimate of drug-likeness (QED) is 0.767. The summed E-state index contributed by atoms with van der Waals surface area (Å²) in [6, 6.07) is 5.45. The van der Waals surface area contributed by atoms with Gasteiger partial charge in [-0.1, -0.05) is 0 Å². The number of ether oxygens (including phenoxy) is 2. The molecule has 0 unspecified atom stereocenters. The van der Waals surface area contributed by atoms with E-state index in [0.717, 1.165) is 11.3 Å². The molecule has 1 amide bonds. The molecule has 1 aromatic carbocycles. The van der Waals surface area contributed by atoms with Crippen molar-refractivity contribution in [1.82, 2.24) is 0 Å². The lowest BCUT2D eigenvalue weighted by molar-refractivity contribution is -0.113. The Hall–Kier alpha value is -1.97. The first-order valence-electron chi connectivity index (χ1n) is 5.54. The van der Waals surface area contributed by atoms with Crippen molar-refractivity contribution < 1.29 is 14.3 Å². The summed E-state index contributed by atoms with van der Waals surface area (Å²) in [5.41, 5.74) is 5.85. The number of hydrogen-bond acceptors (Lipinski definition) is 3. The van der Waals surface area contributed by atoms with Gasteiger partial charge in [0.2, 0.25) is 5.91 Å². The molecule has 0 aliphatic carbocycles. The van der Waals surface area contributed by atoms with Gasteiger partial charge in [-0.2, -0.15) is 0 Å². The smallest absolute Gasteiger partial charge is 0.241 e. The Balaban J connectivity index is 2.99. The van der Waals surface area contributed by atoms with Crippen LogP contribution < -0.4 is 15.2 Å². The van der Waals surface area contributed by atoms with Crippen LogP contribution >= 0.6 is 0 Å². The Morgan fingerprint density at radius 1 is 1.29 bits per heavy atom. The fourth-order valence-electron chi connectivity index (χ4n) is 1.36. The van der Waals surface area contributed by atoms with Crippen molar-refractivity contribution >= 4 is 12.0 Å². The maximum Gasteiger partial charge on any atom is 0.241 e. The van der Waals surface area contributed by atoms with Crippen LogP contribution in [0.1, 0.15) is 19.4 Å². The molecular formula is C13H17NO3. The van der Waals surface area contributed by atoms with Crippen molar-refractivity contribution in [2.45, 2.75) is 13.8 Å². The molecule has 1 rings (SSSR count). The van der Waals surface area contributed by atoms with E-state index in [2.05, 4.69) is 0 Å². The van der Waals surface area contributed by atoms with E-state index >= 15 is 0 Å². The van der Waals surface area contributed by atoms with Gasteiger partial charge < -0.3 is 15.2 Å². The first-order chi connectivity index (χ1) is 8.17. The van der Waals surface area contributed by atoms with E-state index < -0.39 is 5.91 Å². The highest BCUT2D eigenvalue weighted by Gasteiger charge is 2.03. The minimum absolute atomic E-state index is 0.485. The fourth-order valence-corrected chi connectivity index (χ4v) is 1.36. The first-order valence-corrected chi connectivity index (χ1v) is 5.54. The second kappa shape index (κ2) is 6.58. The van der Waals surface area contributed by atoms with Crippen molar-refractivity contribution in [3.05, 3.63) is 29.8 Å². The van der Waals surface area contributed by atoms with Gasteiger partial charge in [-0.15, -0.1) is 0 Å². The number of carbonyl (C=O) groups is 1. The lowest BCUT2D eigenvalue weighted by Crippen LogP contribution is -2.05. The van der Waals surface area contributed by atoms with E-state index in [1.807, 2.05) is 26.0 Å². The minimum atomic E-state index is -0.485. The molecule has 0 saturated carbocycles. The van der Waals surface area contributed by atoms with Gasteiger partial charge in [0, 0.05) is 17.7 Å². The average molecular weight is 235 g/mol. The Morgan fingerprint density at radius 2 is 2.00 bits per heavy atom. The van der Waals surface area contributed by atoms with E-state index in [0.29, 0.717) is 19.0 Å². The molecule has 0 aliphatic heterocycles. The highest BCUT2D eigenvalue weighted by Crippen LogP contribution is 2.26. The fraction of sp³-hybridized carbons (Fsp3) is 0.308. The number of rotatable bonds is 6. The van der Waals surface area contributed by atoms with Gasteiger partial charge in [0.1, 0.15) is 11.5 Å². The predicted molar refractivity (Wildman–Crippen MR) is 67.0 cm³/mol. The second-order valence-corrected chi connectivity index (χ2v) is 3.30. The van der Waals surface area contributed by atoms with Crippen LogP contribution in [0, 0.1) is 0 Å². The van der Waals surface area contributed by atoms with E-state index in [1.54, 1.807) is 12.1 Å². The Kier molecular flexibility index (Phi) is 5.07. The maximum absolute atomic E-state index is 10.7. The Labute approximate surface area is 101 Å². The summed E-state index contributed by atoms with van der Waals surface area (Å²) in [4.78, 5) is 10.7. The zero-order valence-corrected chi connectivity index (χ0v) is 10.1. The van der Waals surface area contributed by atoms with Crippen molar-refractivity contribution in [3.63, 3.8) is 0 Å². The standard InChI is InChI=1S/C13H17NO3/c1-3-16-11-7-5-10(6-8-13(14)15)12(9-11)17-4-2/h5-9H,3-4H2,1-2H3,(H2,14,15)/b8-6-. The van der Waals surface area contributed by atoms with Gasteiger partial charge in [-0.05, 0) is 32.1 Å². The molecule has 0 aliphatic rings. The van der Waals surface area contributed by atoms with Gasteiger partial charge in [-0.3, -0.25) is 4.79 Å². The summed E-state index contributed by atoms with van der Waals surface area (Å²) < 4.78 is 10.9. The zero-order chi connectivity index (χ0) is 12.7. The van der Waals surface area contributed by atoms with Crippen LogP contribution in [0.15, 0.2) is 24.3 Å². The topological polar surface area (TPSA) is 61.5 Å². The minimum Gasteiger partial charge on any atom is -0.494 e. The first kappa shape index (κ1) is 13.1. The van der Waals surface area contributed by atoms with Crippen molar-refractivity contribution in [3.8, 4) is 11.5 Å².